The van der Waals surface area contributed by atoms with Gasteiger partial charge in [-0.3, -0.25) is 0 Å². The second kappa shape index (κ2) is 9.51. The van der Waals surface area contributed by atoms with Crippen molar-refractivity contribution in [2.75, 3.05) is 13.1 Å². The summed E-state index contributed by atoms with van der Waals surface area (Å²) in [5, 5.41) is 9.11. The number of ether oxygens (including phenoxy) is 2. The Morgan fingerprint density at radius 1 is 1.06 bits per heavy atom. The summed E-state index contributed by atoms with van der Waals surface area (Å²) in [5.41, 5.74) is 2.75. The molecule has 7 nitrogen and oxygen atoms in total. The molecular weight excluding hydrogens is 509 g/mol. The zero-order valence-electron chi connectivity index (χ0n) is 17.0. The van der Waals surface area contributed by atoms with Crippen molar-refractivity contribution >= 4 is 28.7 Å². The van der Waals surface area contributed by atoms with Crippen molar-refractivity contribution in [2.45, 2.75) is 25.9 Å². The highest BCUT2D eigenvalue weighted by atomic mass is 127. The Morgan fingerprint density at radius 3 is 2.48 bits per heavy atom. The molecule has 31 heavy (non-hydrogen) atoms. The summed E-state index contributed by atoms with van der Waals surface area (Å²) in [4.78, 5) is 21.1. The molecule has 1 N–H and O–H groups in total. The number of para-hydroxylation sites is 1. The lowest BCUT2D eigenvalue weighted by Crippen LogP contribution is -2.41. The van der Waals surface area contributed by atoms with E-state index in [1.807, 2.05) is 55.5 Å². The highest BCUT2D eigenvalue weighted by Gasteiger charge is 2.25. The lowest BCUT2D eigenvalue weighted by atomic mass is 10.1. The molecule has 0 bridgehead atoms. The predicted octanol–water partition coefficient (Wildman–Crippen LogP) is 5.37. The van der Waals surface area contributed by atoms with Crippen LogP contribution in [0.15, 0.2) is 54.9 Å². The van der Waals surface area contributed by atoms with E-state index in [1.165, 1.54) is 11.2 Å². The van der Waals surface area contributed by atoms with Gasteiger partial charge in [-0.2, -0.15) is 0 Å². The number of aromatic nitrogens is 2. The van der Waals surface area contributed by atoms with Gasteiger partial charge < -0.3 is 19.5 Å². The molecule has 1 aliphatic rings. The molecule has 1 amide bonds. The summed E-state index contributed by atoms with van der Waals surface area (Å²) in [6, 6.07) is 16.1. The van der Waals surface area contributed by atoms with Gasteiger partial charge in [0.15, 0.2) is 5.75 Å². The number of rotatable bonds is 5. The zero-order valence-corrected chi connectivity index (χ0v) is 19.2. The van der Waals surface area contributed by atoms with Crippen LogP contribution < -0.4 is 9.47 Å². The first-order valence-corrected chi connectivity index (χ1v) is 11.1. The van der Waals surface area contributed by atoms with E-state index < -0.39 is 6.09 Å². The van der Waals surface area contributed by atoms with Crippen LogP contribution in [0.3, 0.4) is 0 Å². The van der Waals surface area contributed by atoms with Gasteiger partial charge in [-0.15, -0.1) is 0 Å². The average molecular weight is 531 g/mol. The van der Waals surface area contributed by atoms with E-state index in [-0.39, 0.29) is 6.10 Å². The molecule has 160 valence electrons. The Morgan fingerprint density at radius 2 is 1.77 bits per heavy atom. The van der Waals surface area contributed by atoms with Crippen molar-refractivity contribution in [1.82, 2.24) is 14.9 Å². The first-order chi connectivity index (χ1) is 15.0. The van der Waals surface area contributed by atoms with Crippen molar-refractivity contribution in [2.24, 2.45) is 0 Å². The van der Waals surface area contributed by atoms with Gasteiger partial charge in [0.2, 0.25) is 11.8 Å². The van der Waals surface area contributed by atoms with E-state index in [4.69, 9.17) is 14.6 Å². The number of carboxylic acid groups (broad SMARTS) is 1. The predicted molar refractivity (Wildman–Crippen MR) is 125 cm³/mol. The molecule has 0 saturated carbocycles. The highest BCUT2D eigenvalue weighted by Crippen LogP contribution is 2.38. The molecule has 3 aromatic rings. The number of halogens is 1. The van der Waals surface area contributed by atoms with E-state index in [1.54, 1.807) is 0 Å². The molecule has 1 fully saturated rings. The summed E-state index contributed by atoms with van der Waals surface area (Å²) >= 11 is 2.26. The van der Waals surface area contributed by atoms with Crippen LogP contribution in [0.1, 0.15) is 18.4 Å². The molecule has 0 atom stereocenters. The van der Waals surface area contributed by atoms with Crippen LogP contribution in [0.4, 0.5) is 4.79 Å². The third-order valence-corrected chi connectivity index (χ3v) is 6.08. The van der Waals surface area contributed by atoms with Crippen molar-refractivity contribution in [3.8, 4) is 28.6 Å². The fraction of sp³-hybridized carbons (Fsp3) is 0.261. The van der Waals surface area contributed by atoms with E-state index in [0.717, 1.165) is 20.4 Å². The first-order valence-electron chi connectivity index (χ1n) is 10.0. The fourth-order valence-corrected chi connectivity index (χ4v) is 4.13. The summed E-state index contributed by atoms with van der Waals surface area (Å²) in [5.74, 6) is 1.64. The SMILES string of the molecule is Cc1c(Oc2c(I)cccc2-c2ccccc2)ncnc1OC1CCN(C(=O)O)CC1. The molecule has 0 unspecified atom stereocenters. The molecule has 0 radical (unpaired) electrons. The topological polar surface area (TPSA) is 84.8 Å². The van der Waals surface area contributed by atoms with Crippen LogP contribution in [-0.2, 0) is 0 Å². The Bertz CT molecular complexity index is 1070. The number of likely N-dealkylation sites (tertiary alicyclic amines) is 1. The van der Waals surface area contributed by atoms with E-state index in [0.29, 0.717) is 43.3 Å². The maximum absolute atomic E-state index is 11.1. The van der Waals surface area contributed by atoms with Gasteiger partial charge in [0.25, 0.3) is 0 Å². The minimum absolute atomic E-state index is 0.0891. The van der Waals surface area contributed by atoms with Crippen molar-refractivity contribution in [1.29, 1.82) is 0 Å². The largest absolute Gasteiger partial charge is 0.474 e. The first kappa shape index (κ1) is 21.4. The third kappa shape index (κ3) is 4.90. The summed E-state index contributed by atoms with van der Waals surface area (Å²) < 4.78 is 13.3. The van der Waals surface area contributed by atoms with E-state index in [9.17, 15) is 4.79 Å². The van der Waals surface area contributed by atoms with Crippen molar-refractivity contribution < 1.29 is 19.4 Å². The number of nitrogens with zero attached hydrogens (tertiary/aromatic N) is 3. The molecule has 2 heterocycles. The highest BCUT2D eigenvalue weighted by molar-refractivity contribution is 14.1. The monoisotopic (exact) mass is 531 g/mol. The van der Waals surface area contributed by atoms with Gasteiger partial charge in [0.05, 0.1) is 9.13 Å². The van der Waals surface area contributed by atoms with Gasteiger partial charge in [0.1, 0.15) is 12.4 Å². The quantitative estimate of drug-likeness (QED) is 0.446. The average Bonchev–Trinajstić information content (AvgIpc) is 2.78. The summed E-state index contributed by atoms with van der Waals surface area (Å²) in [7, 11) is 0. The molecule has 1 aromatic heterocycles. The van der Waals surface area contributed by atoms with Gasteiger partial charge >= 0.3 is 6.09 Å². The number of benzene rings is 2. The maximum atomic E-state index is 11.1. The summed E-state index contributed by atoms with van der Waals surface area (Å²) in [6.07, 6.45) is 1.71. The molecule has 4 rings (SSSR count). The molecule has 0 aliphatic carbocycles. The maximum Gasteiger partial charge on any atom is 0.407 e. The normalized spacial score (nSPS) is 14.3. The number of piperidine rings is 1. The molecule has 8 heteroatoms. The third-order valence-electron chi connectivity index (χ3n) is 5.23. The van der Waals surface area contributed by atoms with Crippen LogP contribution in [0.2, 0.25) is 0 Å². The molecule has 1 saturated heterocycles. The fourth-order valence-electron chi connectivity index (χ4n) is 3.52. The lowest BCUT2D eigenvalue weighted by molar-refractivity contribution is 0.0864. The van der Waals surface area contributed by atoms with E-state index in [2.05, 4.69) is 32.6 Å². The Balaban J connectivity index is 1.56. The number of hydrogen-bond acceptors (Lipinski definition) is 5. The van der Waals surface area contributed by atoms with Crippen molar-refractivity contribution in [3.05, 3.63) is 64.0 Å². The minimum atomic E-state index is -0.890. The van der Waals surface area contributed by atoms with Gasteiger partial charge in [0, 0.05) is 31.5 Å². The standard InChI is InChI=1S/C23H22IN3O4/c1-15-21(30-17-10-12-27(13-11-17)23(28)29)25-14-26-22(15)31-20-18(8-5-9-19(20)24)16-6-3-2-4-7-16/h2-9,14,17H,10-13H2,1H3,(H,28,29). The van der Waals surface area contributed by atoms with Crippen LogP contribution >= 0.6 is 22.6 Å². The smallest absolute Gasteiger partial charge is 0.407 e. The van der Waals surface area contributed by atoms with Crippen molar-refractivity contribution in [3.63, 3.8) is 0 Å². The molecule has 0 spiro atoms. The summed E-state index contributed by atoms with van der Waals surface area (Å²) in [6.45, 7) is 2.78. The van der Waals surface area contributed by atoms with Gasteiger partial charge in [-0.1, -0.05) is 42.5 Å². The minimum Gasteiger partial charge on any atom is -0.474 e. The van der Waals surface area contributed by atoms with Crippen LogP contribution in [-0.4, -0.2) is 45.3 Å². The Labute approximate surface area is 194 Å². The van der Waals surface area contributed by atoms with Crippen LogP contribution in [0.25, 0.3) is 11.1 Å². The van der Waals surface area contributed by atoms with Crippen LogP contribution in [0.5, 0.6) is 17.5 Å². The van der Waals surface area contributed by atoms with Gasteiger partial charge in [-0.05, 0) is 41.1 Å². The Kier molecular flexibility index (Phi) is 6.55. The molecular formula is C23H22IN3O4. The van der Waals surface area contributed by atoms with Gasteiger partial charge in [-0.25, -0.2) is 14.8 Å². The number of carbonyl (C=O) groups is 1. The molecule has 2 aromatic carbocycles. The lowest BCUT2D eigenvalue weighted by Gasteiger charge is -2.30. The Hall–Kier alpha value is -2.88. The zero-order chi connectivity index (χ0) is 21.8. The number of hydrogen-bond donors (Lipinski definition) is 1. The second-order valence-corrected chi connectivity index (χ2v) is 8.44. The van der Waals surface area contributed by atoms with E-state index >= 15 is 0 Å². The molecule has 1 aliphatic heterocycles. The number of amides is 1. The van der Waals surface area contributed by atoms with Crippen LogP contribution in [0, 0.1) is 10.5 Å². The second-order valence-electron chi connectivity index (χ2n) is 7.28.